The molecule has 0 amide bonds. The van der Waals surface area contributed by atoms with Gasteiger partial charge in [0.25, 0.3) is 0 Å². The minimum absolute atomic E-state index is 0.0151. The summed E-state index contributed by atoms with van der Waals surface area (Å²) < 4.78 is 31.2. The van der Waals surface area contributed by atoms with E-state index in [9.17, 15) is 13.2 Å². The lowest BCUT2D eigenvalue weighted by atomic mass is 10.1. The largest absolute Gasteiger partial charge is 0.478 e. The van der Waals surface area contributed by atoms with Crippen LogP contribution in [-0.4, -0.2) is 25.2 Å². The van der Waals surface area contributed by atoms with Crippen molar-refractivity contribution in [2.24, 2.45) is 0 Å². The lowest BCUT2D eigenvalue weighted by Gasteiger charge is -2.06. The molecule has 1 heterocycles. The van der Waals surface area contributed by atoms with Crippen molar-refractivity contribution in [3.63, 3.8) is 0 Å². The zero-order chi connectivity index (χ0) is 14.9. The summed E-state index contributed by atoms with van der Waals surface area (Å²) in [5, 5.41) is 9.54. The highest BCUT2D eigenvalue weighted by Crippen LogP contribution is 2.28. The third-order valence-corrected chi connectivity index (χ3v) is 4.32. The Hall–Kier alpha value is -2.02. The van der Waals surface area contributed by atoms with E-state index in [4.69, 9.17) is 9.52 Å². The van der Waals surface area contributed by atoms with E-state index in [2.05, 4.69) is 4.72 Å². The summed E-state index contributed by atoms with van der Waals surface area (Å²) in [6.07, 6.45) is 0.503. The molecule has 108 valence electrons. The van der Waals surface area contributed by atoms with Crippen LogP contribution >= 0.6 is 0 Å². The monoisotopic (exact) mass is 297 g/mol. The Balaban J connectivity index is 2.48. The summed E-state index contributed by atoms with van der Waals surface area (Å²) in [6, 6.07) is 4.57. The van der Waals surface area contributed by atoms with Crippen molar-refractivity contribution >= 4 is 32.6 Å². The average molecular weight is 297 g/mol. The molecule has 0 saturated carbocycles. The van der Waals surface area contributed by atoms with Crippen LogP contribution in [0, 0.1) is 6.92 Å². The maximum Gasteiger partial charge on any atom is 0.339 e. The first-order chi connectivity index (χ1) is 9.34. The van der Waals surface area contributed by atoms with Crippen LogP contribution in [0.5, 0.6) is 0 Å². The summed E-state index contributed by atoms with van der Waals surface area (Å²) in [5.74, 6) is -0.794. The first-order valence-corrected chi connectivity index (χ1v) is 7.76. The highest BCUT2D eigenvalue weighted by atomic mass is 32.2. The third-order valence-electron chi connectivity index (χ3n) is 2.82. The standard InChI is InChI=1S/C13H15NO5S/c1-3-6-20(17,18)14-9-4-5-11-10(7-9)12(13(15)16)8(2)19-11/h4-5,7,14H,3,6H2,1-2H3,(H,15,16). The summed E-state index contributed by atoms with van der Waals surface area (Å²) in [5.41, 5.74) is 0.795. The number of nitrogens with one attached hydrogen (secondary N) is 1. The topological polar surface area (TPSA) is 96.6 Å². The number of hydrogen-bond acceptors (Lipinski definition) is 4. The average Bonchev–Trinajstić information content (AvgIpc) is 2.63. The van der Waals surface area contributed by atoms with E-state index in [-0.39, 0.29) is 11.3 Å². The van der Waals surface area contributed by atoms with E-state index in [1.165, 1.54) is 6.07 Å². The molecule has 2 rings (SSSR count). The van der Waals surface area contributed by atoms with E-state index in [1.54, 1.807) is 26.0 Å². The Morgan fingerprint density at radius 2 is 2.10 bits per heavy atom. The zero-order valence-electron chi connectivity index (χ0n) is 11.1. The van der Waals surface area contributed by atoms with Gasteiger partial charge in [-0.05, 0) is 31.5 Å². The van der Waals surface area contributed by atoms with Gasteiger partial charge in [0.2, 0.25) is 10.0 Å². The normalized spacial score (nSPS) is 11.7. The predicted molar refractivity (Wildman–Crippen MR) is 75.6 cm³/mol. The third kappa shape index (κ3) is 2.77. The molecule has 0 aliphatic heterocycles. The fraction of sp³-hybridized carbons (Fsp3) is 0.308. The number of benzene rings is 1. The summed E-state index contributed by atoms with van der Waals surface area (Å²) in [4.78, 5) is 11.2. The second kappa shape index (κ2) is 5.16. The van der Waals surface area contributed by atoms with Gasteiger partial charge in [-0.3, -0.25) is 4.72 Å². The van der Waals surface area contributed by atoms with Gasteiger partial charge in [0.15, 0.2) is 0 Å². The molecule has 0 saturated heterocycles. The highest BCUT2D eigenvalue weighted by Gasteiger charge is 2.18. The van der Waals surface area contributed by atoms with Gasteiger partial charge in [-0.1, -0.05) is 6.92 Å². The number of aromatic carboxylic acids is 1. The van der Waals surface area contributed by atoms with Crippen molar-refractivity contribution in [3.8, 4) is 0 Å². The number of carbonyl (C=O) groups is 1. The number of rotatable bonds is 5. The van der Waals surface area contributed by atoms with Crippen LogP contribution in [0.15, 0.2) is 22.6 Å². The maximum atomic E-state index is 11.7. The molecule has 20 heavy (non-hydrogen) atoms. The molecular formula is C13H15NO5S. The Morgan fingerprint density at radius 1 is 1.40 bits per heavy atom. The minimum atomic E-state index is -3.41. The van der Waals surface area contributed by atoms with Crippen molar-refractivity contribution in [3.05, 3.63) is 29.5 Å². The molecule has 0 spiro atoms. The number of carboxylic acids is 1. The van der Waals surface area contributed by atoms with Gasteiger partial charge in [0, 0.05) is 11.1 Å². The molecule has 1 aromatic carbocycles. The fourth-order valence-corrected chi connectivity index (χ4v) is 3.17. The van der Waals surface area contributed by atoms with Gasteiger partial charge in [0.05, 0.1) is 5.75 Å². The Morgan fingerprint density at radius 3 is 2.70 bits per heavy atom. The van der Waals surface area contributed by atoms with Gasteiger partial charge >= 0.3 is 5.97 Å². The first kappa shape index (κ1) is 14.4. The van der Waals surface area contributed by atoms with Gasteiger partial charge in [-0.2, -0.15) is 0 Å². The van der Waals surface area contributed by atoms with Gasteiger partial charge < -0.3 is 9.52 Å². The minimum Gasteiger partial charge on any atom is -0.478 e. The van der Waals surface area contributed by atoms with Gasteiger partial charge in [-0.25, -0.2) is 13.2 Å². The molecule has 0 aliphatic carbocycles. The molecule has 0 atom stereocenters. The van der Waals surface area contributed by atoms with E-state index in [0.29, 0.717) is 28.8 Å². The van der Waals surface area contributed by atoms with Crippen molar-refractivity contribution in [1.82, 2.24) is 0 Å². The molecule has 2 aromatic rings. The first-order valence-electron chi connectivity index (χ1n) is 6.11. The van der Waals surface area contributed by atoms with Crippen LogP contribution in [0.4, 0.5) is 5.69 Å². The second-order valence-electron chi connectivity index (χ2n) is 4.47. The van der Waals surface area contributed by atoms with Crippen LogP contribution in [0.1, 0.15) is 29.5 Å². The molecule has 0 unspecified atom stereocenters. The van der Waals surface area contributed by atoms with Crippen molar-refractivity contribution < 1.29 is 22.7 Å². The number of anilines is 1. The van der Waals surface area contributed by atoms with Crippen LogP contribution in [-0.2, 0) is 10.0 Å². The van der Waals surface area contributed by atoms with Crippen LogP contribution in [0.25, 0.3) is 11.0 Å². The zero-order valence-corrected chi connectivity index (χ0v) is 12.0. The lowest BCUT2D eigenvalue weighted by molar-refractivity contribution is 0.0697. The van der Waals surface area contributed by atoms with E-state index < -0.39 is 16.0 Å². The molecule has 7 heteroatoms. The Kier molecular flexibility index (Phi) is 3.71. The molecule has 0 bridgehead atoms. The molecule has 0 aliphatic rings. The van der Waals surface area contributed by atoms with Gasteiger partial charge in [-0.15, -0.1) is 0 Å². The molecule has 0 radical (unpaired) electrons. The Labute approximate surface area is 116 Å². The fourth-order valence-electron chi connectivity index (χ4n) is 2.05. The van der Waals surface area contributed by atoms with Gasteiger partial charge in [0.1, 0.15) is 16.9 Å². The van der Waals surface area contributed by atoms with Crippen molar-refractivity contribution in [2.75, 3.05) is 10.5 Å². The molecule has 6 nitrogen and oxygen atoms in total. The lowest BCUT2D eigenvalue weighted by Crippen LogP contribution is -2.15. The van der Waals surface area contributed by atoms with E-state index >= 15 is 0 Å². The molecule has 2 N–H and O–H groups in total. The number of sulfonamides is 1. The van der Waals surface area contributed by atoms with Crippen LogP contribution in [0.3, 0.4) is 0 Å². The van der Waals surface area contributed by atoms with Crippen LogP contribution < -0.4 is 4.72 Å². The smallest absolute Gasteiger partial charge is 0.339 e. The quantitative estimate of drug-likeness (QED) is 0.884. The van der Waals surface area contributed by atoms with Crippen LogP contribution in [0.2, 0.25) is 0 Å². The Bertz CT molecular complexity index is 760. The van der Waals surface area contributed by atoms with E-state index in [1.807, 2.05) is 0 Å². The highest BCUT2D eigenvalue weighted by molar-refractivity contribution is 7.92. The predicted octanol–water partition coefficient (Wildman–Crippen LogP) is 2.59. The molecule has 1 aromatic heterocycles. The van der Waals surface area contributed by atoms with E-state index in [0.717, 1.165) is 0 Å². The number of furan rings is 1. The maximum absolute atomic E-state index is 11.7. The summed E-state index contributed by atoms with van der Waals surface area (Å²) in [7, 11) is -3.41. The molecular weight excluding hydrogens is 282 g/mol. The number of fused-ring (bicyclic) bond motifs is 1. The van der Waals surface area contributed by atoms with Crippen molar-refractivity contribution in [1.29, 1.82) is 0 Å². The number of hydrogen-bond donors (Lipinski definition) is 2. The second-order valence-corrected chi connectivity index (χ2v) is 6.31. The number of aryl methyl sites for hydroxylation is 1. The number of carboxylic acid groups (broad SMARTS) is 1. The summed E-state index contributed by atoms with van der Waals surface area (Å²) >= 11 is 0. The SMILES string of the molecule is CCCS(=O)(=O)Nc1ccc2oc(C)c(C(=O)O)c2c1. The van der Waals surface area contributed by atoms with Crippen molar-refractivity contribution in [2.45, 2.75) is 20.3 Å². The molecule has 0 fully saturated rings. The summed E-state index contributed by atoms with van der Waals surface area (Å²) in [6.45, 7) is 3.33.